The molecule has 0 unspecified atom stereocenters. The molecule has 0 aromatic carbocycles. The fourth-order valence-corrected chi connectivity index (χ4v) is 6.86. The van der Waals surface area contributed by atoms with E-state index in [1.165, 1.54) is 32.1 Å². The van der Waals surface area contributed by atoms with Gasteiger partial charge in [-0.15, -0.1) is 0 Å². The standard InChI is InChI=1S/C22H32N2O2/c1-15-4-5-20(26-15)19(24-6-2-3-7-24)14-23-21(25)22-11-16-8-17(12-22)10-18(9-16)13-22/h4-5,16-19H,2-3,6-14H2,1H3,(H,23,25)/t16?,17?,18?,19-,22?/m1/s1. The van der Waals surface area contributed by atoms with Crippen molar-refractivity contribution in [3.63, 3.8) is 0 Å². The highest BCUT2D eigenvalue weighted by Gasteiger charge is 2.54. The van der Waals surface area contributed by atoms with Crippen molar-refractivity contribution >= 4 is 5.91 Å². The van der Waals surface area contributed by atoms with Crippen LogP contribution in [0.25, 0.3) is 0 Å². The van der Waals surface area contributed by atoms with Gasteiger partial charge in [0.15, 0.2) is 0 Å². The fourth-order valence-electron chi connectivity index (χ4n) is 6.86. The second-order valence-electron chi connectivity index (χ2n) is 9.62. The largest absolute Gasteiger partial charge is 0.465 e. The molecule has 142 valence electrons. The molecule has 0 spiro atoms. The molecule has 1 aromatic rings. The summed E-state index contributed by atoms with van der Waals surface area (Å²) in [5, 5.41) is 3.38. The van der Waals surface area contributed by atoms with Crippen LogP contribution in [0.15, 0.2) is 16.5 Å². The van der Waals surface area contributed by atoms with Gasteiger partial charge < -0.3 is 9.73 Å². The van der Waals surface area contributed by atoms with Gasteiger partial charge in [0.2, 0.25) is 5.91 Å². The van der Waals surface area contributed by atoms with Gasteiger partial charge in [0.05, 0.1) is 6.04 Å². The quantitative estimate of drug-likeness (QED) is 0.865. The second kappa shape index (κ2) is 6.40. The van der Waals surface area contributed by atoms with Crippen LogP contribution in [0.3, 0.4) is 0 Å². The minimum absolute atomic E-state index is 0.0522. The monoisotopic (exact) mass is 356 g/mol. The molecule has 1 saturated heterocycles. The first-order valence-electron chi connectivity index (χ1n) is 10.7. The number of rotatable bonds is 5. The van der Waals surface area contributed by atoms with Crippen molar-refractivity contribution in [3.05, 3.63) is 23.7 Å². The highest BCUT2D eigenvalue weighted by atomic mass is 16.3. The lowest BCUT2D eigenvalue weighted by atomic mass is 9.49. The average molecular weight is 357 g/mol. The Labute approximate surface area is 156 Å². The van der Waals surface area contributed by atoms with Gasteiger partial charge in [-0.05, 0) is 101 Å². The van der Waals surface area contributed by atoms with Crippen molar-refractivity contribution in [1.29, 1.82) is 0 Å². The van der Waals surface area contributed by atoms with Gasteiger partial charge in [-0.2, -0.15) is 0 Å². The topological polar surface area (TPSA) is 45.5 Å². The number of aryl methyl sites for hydroxylation is 1. The van der Waals surface area contributed by atoms with E-state index >= 15 is 0 Å². The third-order valence-corrected chi connectivity index (χ3v) is 7.65. The van der Waals surface area contributed by atoms with Crippen molar-refractivity contribution in [2.45, 2.75) is 64.3 Å². The molecule has 4 heteroatoms. The summed E-state index contributed by atoms with van der Waals surface area (Å²) >= 11 is 0. The van der Waals surface area contributed by atoms with Gasteiger partial charge >= 0.3 is 0 Å². The predicted molar refractivity (Wildman–Crippen MR) is 101 cm³/mol. The number of nitrogens with one attached hydrogen (secondary N) is 1. The van der Waals surface area contributed by atoms with Crippen LogP contribution in [0.2, 0.25) is 0 Å². The number of amides is 1. The van der Waals surface area contributed by atoms with E-state index in [-0.39, 0.29) is 11.5 Å². The molecule has 0 radical (unpaired) electrons. The summed E-state index contributed by atoms with van der Waals surface area (Å²) in [4.78, 5) is 15.8. The molecule has 5 aliphatic rings. The van der Waals surface area contributed by atoms with E-state index in [0.29, 0.717) is 12.5 Å². The molecule has 4 saturated carbocycles. The molecule has 26 heavy (non-hydrogen) atoms. The van der Waals surface area contributed by atoms with Gasteiger partial charge in [0, 0.05) is 12.0 Å². The van der Waals surface area contributed by atoms with Gasteiger partial charge in [0.1, 0.15) is 11.5 Å². The highest BCUT2D eigenvalue weighted by molar-refractivity contribution is 5.83. The maximum Gasteiger partial charge on any atom is 0.226 e. The van der Waals surface area contributed by atoms with Gasteiger partial charge in [-0.1, -0.05) is 0 Å². The second-order valence-corrected chi connectivity index (χ2v) is 9.62. The normalized spacial score (nSPS) is 37.2. The average Bonchev–Trinajstić information content (AvgIpc) is 3.26. The summed E-state index contributed by atoms with van der Waals surface area (Å²) in [7, 11) is 0. The molecule has 1 aromatic heterocycles. The fraction of sp³-hybridized carbons (Fsp3) is 0.773. The summed E-state index contributed by atoms with van der Waals surface area (Å²) in [6.07, 6.45) is 10.1. The maximum absolute atomic E-state index is 13.3. The number of furan rings is 1. The van der Waals surface area contributed by atoms with E-state index in [4.69, 9.17) is 4.42 Å². The van der Waals surface area contributed by atoms with Crippen LogP contribution in [0, 0.1) is 30.1 Å². The molecule has 2 heterocycles. The van der Waals surface area contributed by atoms with Crippen LogP contribution in [0.1, 0.15) is 68.9 Å². The van der Waals surface area contributed by atoms with E-state index in [0.717, 1.165) is 61.6 Å². The van der Waals surface area contributed by atoms with Crippen LogP contribution in [0.5, 0.6) is 0 Å². The summed E-state index contributed by atoms with van der Waals surface area (Å²) in [6.45, 7) is 4.90. The Morgan fingerprint density at radius 1 is 1.15 bits per heavy atom. The SMILES string of the molecule is Cc1ccc([C@@H](CNC(=O)C23CC4CC(CC(C4)C2)C3)N2CCCC2)o1. The van der Waals surface area contributed by atoms with Gasteiger partial charge in [-0.3, -0.25) is 9.69 Å². The zero-order valence-electron chi connectivity index (χ0n) is 16.0. The molecule has 1 atom stereocenters. The maximum atomic E-state index is 13.3. The Morgan fingerprint density at radius 2 is 1.77 bits per heavy atom. The summed E-state index contributed by atoms with van der Waals surface area (Å²) in [6, 6.07) is 4.32. The van der Waals surface area contributed by atoms with E-state index in [9.17, 15) is 4.79 Å². The van der Waals surface area contributed by atoms with E-state index in [1.807, 2.05) is 13.0 Å². The van der Waals surface area contributed by atoms with Crippen LogP contribution >= 0.6 is 0 Å². The van der Waals surface area contributed by atoms with Crippen LogP contribution in [-0.2, 0) is 4.79 Å². The van der Waals surface area contributed by atoms with Crippen LogP contribution in [0.4, 0.5) is 0 Å². The third kappa shape index (κ3) is 2.90. The third-order valence-electron chi connectivity index (χ3n) is 7.65. The van der Waals surface area contributed by atoms with Crippen molar-refractivity contribution in [3.8, 4) is 0 Å². The lowest BCUT2D eigenvalue weighted by molar-refractivity contribution is -0.146. The predicted octanol–water partition coefficient (Wildman–Crippen LogP) is 4.06. The summed E-state index contributed by atoms with van der Waals surface area (Å²) < 4.78 is 5.95. The van der Waals surface area contributed by atoms with Gasteiger partial charge in [-0.25, -0.2) is 0 Å². The van der Waals surface area contributed by atoms with Crippen LogP contribution in [-0.4, -0.2) is 30.4 Å². The highest BCUT2D eigenvalue weighted by Crippen LogP contribution is 2.60. The Balaban J connectivity index is 1.29. The van der Waals surface area contributed by atoms with Crippen molar-refractivity contribution in [2.24, 2.45) is 23.2 Å². The van der Waals surface area contributed by atoms with Crippen molar-refractivity contribution in [1.82, 2.24) is 10.2 Å². The first kappa shape index (κ1) is 16.9. The Kier molecular flexibility index (Phi) is 4.15. The van der Waals surface area contributed by atoms with E-state index in [2.05, 4.69) is 16.3 Å². The molecule has 5 fully saturated rings. The van der Waals surface area contributed by atoms with E-state index in [1.54, 1.807) is 0 Å². The molecule has 1 amide bonds. The molecule has 4 bridgehead atoms. The zero-order chi connectivity index (χ0) is 17.7. The molecule has 1 aliphatic heterocycles. The Hall–Kier alpha value is -1.29. The number of carbonyl (C=O) groups excluding carboxylic acids is 1. The minimum atomic E-state index is -0.0522. The lowest BCUT2D eigenvalue weighted by Gasteiger charge is -2.55. The summed E-state index contributed by atoms with van der Waals surface area (Å²) in [5.74, 6) is 4.74. The first-order chi connectivity index (χ1) is 12.6. The summed E-state index contributed by atoms with van der Waals surface area (Å²) in [5.41, 5.74) is -0.0522. The molecule has 4 aliphatic carbocycles. The smallest absolute Gasteiger partial charge is 0.226 e. The van der Waals surface area contributed by atoms with Crippen LogP contribution < -0.4 is 5.32 Å². The Morgan fingerprint density at radius 3 is 2.31 bits per heavy atom. The lowest BCUT2D eigenvalue weighted by Crippen LogP contribution is -2.54. The van der Waals surface area contributed by atoms with Crippen molar-refractivity contribution < 1.29 is 9.21 Å². The zero-order valence-corrected chi connectivity index (χ0v) is 16.0. The number of likely N-dealkylation sites (tertiary alicyclic amines) is 1. The van der Waals surface area contributed by atoms with Crippen molar-refractivity contribution in [2.75, 3.05) is 19.6 Å². The molecule has 4 nitrogen and oxygen atoms in total. The minimum Gasteiger partial charge on any atom is -0.465 e. The number of hydrogen-bond donors (Lipinski definition) is 1. The number of carbonyl (C=O) groups is 1. The molecular formula is C22H32N2O2. The Bertz CT molecular complexity index is 638. The number of nitrogens with zero attached hydrogens (tertiary/aromatic N) is 1. The van der Waals surface area contributed by atoms with Gasteiger partial charge in [0.25, 0.3) is 0 Å². The van der Waals surface area contributed by atoms with E-state index < -0.39 is 0 Å². The number of hydrogen-bond acceptors (Lipinski definition) is 3. The molecule has 1 N–H and O–H groups in total. The molecular weight excluding hydrogens is 324 g/mol. The molecule has 6 rings (SSSR count). The first-order valence-corrected chi connectivity index (χ1v) is 10.7.